The molecule has 0 fully saturated rings. The lowest BCUT2D eigenvalue weighted by Gasteiger charge is -2.14. The second-order valence-electron chi connectivity index (χ2n) is 5.39. The van der Waals surface area contributed by atoms with Gasteiger partial charge in [0.2, 0.25) is 5.91 Å². The van der Waals surface area contributed by atoms with Crippen LogP contribution in [0.15, 0.2) is 48.7 Å². The summed E-state index contributed by atoms with van der Waals surface area (Å²) in [7, 11) is 0. The minimum Gasteiger partial charge on any atom is -0.320 e. The number of hydrogen-bond acceptors (Lipinski definition) is 4. The molecule has 0 aliphatic heterocycles. The maximum Gasteiger partial charge on any atom is 0.259 e. The van der Waals surface area contributed by atoms with Crippen LogP contribution in [0.3, 0.4) is 0 Å². The molecule has 0 bridgehead atoms. The standard InChI is InChI=1S/C17H19N3O2/c1-11(2)15(18)17(22)20-16(21)13-8-9-14(19-10-13)12-6-4-3-5-7-12/h3-11,15H,18H2,1-2H3,(H,20,21,22)/t15-/m0/s1. The molecule has 5 heteroatoms. The van der Waals surface area contributed by atoms with Crippen molar-refractivity contribution in [2.24, 2.45) is 11.7 Å². The van der Waals surface area contributed by atoms with Gasteiger partial charge in [-0.05, 0) is 18.1 Å². The van der Waals surface area contributed by atoms with E-state index in [1.165, 1.54) is 6.20 Å². The van der Waals surface area contributed by atoms with Crippen molar-refractivity contribution in [1.82, 2.24) is 10.3 Å². The number of nitrogens with two attached hydrogens (primary N) is 1. The third-order valence-corrected chi connectivity index (χ3v) is 3.35. The normalized spacial score (nSPS) is 12.0. The average Bonchev–Trinajstić information content (AvgIpc) is 2.54. The molecule has 5 nitrogen and oxygen atoms in total. The van der Waals surface area contributed by atoms with Crippen molar-refractivity contribution >= 4 is 11.8 Å². The van der Waals surface area contributed by atoms with Gasteiger partial charge in [-0.1, -0.05) is 44.2 Å². The van der Waals surface area contributed by atoms with Crippen LogP contribution in [-0.4, -0.2) is 22.8 Å². The molecule has 2 aromatic rings. The molecular formula is C17H19N3O2. The first kappa shape index (κ1) is 15.9. The molecule has 0 aliphatic rings. The third kappa shape index (κ3) is 3.77. The van der Waals surface area contributed by atoms with Crippen molar-refractivity contribution in [3.05, 3.63) is 54.2 Å². The number of benzene rings is 1. The summed E-state index contributed by atoms with van der Waals surface area (Å²) in [5.74, 6) is -1.01. The number of nitrogens with one attached hydrogen (secondary N) is 1. The van der Waals surface area contributed by atoms with Crippen LogP contribution in [-0.2, 0) is 4.79 Å². The van der Waals surface area contributed by atoms with Crippen molar-refractivity contribution < 1.29 is 9.59 Å². The van der Waals surface area contributed by atoms with Gasteiger partial charge < -0.3 is 5.73 Å². The highest BCUT2D eigenvalue weighted by atomic mass is 16.2. The Bertz CT molecular complexity index is 651. The summed E-state index contributed by atoms with van der Waals surface area (Å²) in [6.07, 6.45) is 1.45. The lowest BCUT2D eigenvalue weighted by molar-refractivity contribution is -0.122. The van der Waals surface area contributed by atoms with Crippen LogP contribution in [0.5, 0.6) is 0 Å². The van der Waals surface area contributed by atoms with E-state index in [0.717, 1.165) is 11.3 Å². The fraction of sp³-hybridized carbons (Fsp3) is 0.235. The summed E-state index contributed by atoms with van der Waals surface area (Å²) < 4.78 is 0. The summed E-state index contributed by atoms with van der Waals surface area (Å²) in [6, 6.07) is 12.3. The minimum absolute atomic E-state index is 0.0358. The number of aromatic nitrogens is 1. The van der Waals surface area contributed by atoms with Gasteiger partial charge in [-0.25, -0.2) is 0 Å². The number of pyridine rings is 1. The number of rotatable bonds is 4. The van der Waals surface area contributed by atoms with Crippen LogP contribution in [0.2, 0.25) is 0 Å². The van der Waals surface area contributed by atoms with Crippen LogP contribution in [0, 0.1) is 5.92 Å². The van der Waals surface area contributed by atoms with E-state index >= 15 is 0 Å². The van der Waals surface area contributed by atoms with Gasteiger partial charge in [-0.3, -0.25) is 19.9 Å². The lowest BCUT2D eigenvalue weighted by atomic mass is 10.0. The van der Waals surface area contributed by atoms with Gasteiger partial charge in [0.15, 0.2) is 0 Å². The predicted molar refractivity (Wildman–Crippen MR) is 85.0 cm³/mol. The monoisotopic (exact) mass is 297 g/mol. The van der Waals surface area contributed by atoms with E-state index in [2.05, 4.69) is 10.3 Å². The third-order valence-electron chi connectivity index (χ3n) is 3.35. The number of carbonyl (C=O) groups excluding carboxylic acids is 2. The fourth-order valence-corrected chi connectivity index (χ4v) is 1.88. The van der Waals surface area contributed by atoms with Crippen molar-refractivity contribution in [2.75, 3.05) is 0 Å². The molecule has 22 heavy (non-hydrogen) atoms. The highest BCUT2D eigenvalue weighted by Crippen LogP contribution is 2.16. The first-order valence-electron chi connectivity index (χ1n) is 7.11. The molecule has 1 aromatic carbocycles. The van der Waals surface area contributed by atoms with Gasteiger partial charge >= 0.3 is 0 Å². The molecule has 3 N–H and O–H groups in total. The van der Waals surface area contributed by atoms with E-state index in [1.807, 2.05) is 44.2 Å². The molecule has 0 radical (unpaired) electrons. The molecule has 0 saturated carbocycles. The Hall–Kier alpha value is -2.53. The summed E-state index contributed by atoms with van der Waals surface area (Å²) in [5, 5.41) is 2.29. The van der Waals surface area contributed by atoms with Gasteiger partial charge in [0.25, 0.3) is 5.91 Å². The molecule has 1 aromatic heterocycles. The number of carbonyl (C=O) groups is 2. The fourth-order valence-electron chi connectivity index (χ4n) is 1.88. The summed E-state index contributed by atoms with van der Waals surface area (Å²) in [5.41, 5.74) is 7.76. The zero-order valence-electron chi connectivity index (χ0n) is 12.6. The average molecular weight is 297 g/mol. The van der Waals surface area contributed by atoms with Crippen molar-refractivity contribution in [3.63, 3.8) is 0 Å². The SMILES string of the molecule is CC(C)[C@H](N)C(=O)NC(=O)c1ccc(-c2ccccc2)nc1. The summed E-state index contributed by atoms with van der Waals surface area (Å²) in [4.78, 5) is 28.0. The number of nitrogens with zero attached hydrogens (tertiary/aromatic N) is 1. The molecular weight excluding hydrogens is 278 g/mol. The van der Waals surface area contributed by atoms with E-state index in [1.54, 1.807) is 12.1 Å². The van der Waals surface area contributed by atoms with Crippen LogP contribution in [0.4, 0.5) is 0 Å². The van der Waals surface area contributed by atoms with Crippen LogP contribution in [0.1, 0.15) is 24.2 Å². The highest BCUT2D eigenvalue weighted by molar-refractivity contribution is 6.06. The Morgan fingerprint density at radius 3 is 2.32 bits per heavy atom. The van der Waals surface area contributed by atoms with E-state index in [4.69, 9.17) is 5.73 Å². The first-order valence-corrected chi connectivity index (χ1v) is 7.11. The molecule has 1 heterocycles. The van der Waals surface area contributed by atoms with Gasteiger partial charge in [0, 0.05) is 11.8 Å². The topological polar surface area (TPSA) is 85.1 Å². The Morgan fingerprint density at radius 1 is 1.09 bits per heavy atom. The molecule has 114 valence electrons. The zero-order chi connectivity index (χ0) is 16.1. The quantitative estimate of drug-likeness (QED) is 0.903. The van der Waals surface area contributed by atoms with E-state index in [-0.39, 0.29) is 5.92 Å². The Kier molecular flexibility index (Phi) is 5.01. The molecule has 2 amide bonds. The second-order valence-corrected chi connectivity index (χ2v) is 5.39. The van der Waals surface area contributed by atoms with Crippen molar-refractivity contribution in [2.45, 2.75) is 19.9 Å². The maximum atomic E-state index is 12.0. The van der Waals surface area contributed by atoms with Crippen molar-refractivity contribution in [1.29, 1.82) is 0 Å². The van der Waals surface area contributed by atoms with Gasteiger partial charge in [-0.2, -0.15) is 0 Å². The minimum atomic E-state index is -0.708. The maximum absolute atomic E-state index is 12.0. The number of imide groups is 1. The summed E-state index contributed by atoms with van der Waals surface area (Å²) >= 11 is 0. The largest absolute Gasteiger partial charge is 0.320 e. The molecule has 2 rings (SSSR count). The number of amides is 2. The van der Waals surface area contributed by atoms with Crippen LogP contribution < -0.4 is 11.1 Å². The summed E-state index contributed by atoms with van der Waals surface area (Å²) in [6.45, 7) is 3.65. The number of hydrogen-bond donors (Lipinski definition) is 2. The molecule has 0 unspecified atom stereocenters. The molecule has 0 aliphatic carbocycles. The predicted octanol–water partition coefficient (Wildman–Crippen LogP) is 1.99. The zero-order valence-corrected chi connectivity index (χ0v) is 12.6. The Labute approximate surface area is 129 Å². The first-order chi connectivity index (χ1) is 10.5. The van der Waals surface area contributed by atoms with E-state index < -0.39 is 17.9 Å². The van der Waals surface area contributed by atoms with Crippen molar-refractivity contribution in [3.8, 4) is 11.3 Å². The van der Waals surface area contributed by atoms with Gasteiger partial charge in [-0.15, -0.1) is 0 Å². The van der Waals surface area contributed by atoms with Gasteiger partial charge in [0.05, 0.1) is 17.3 Å². The van der Waals surface area contributed by atoms with Crippen LogP contribution >= 0.6 is 0 Å². The lowest BCUT2D eigenvalue weighted by Crippen LogP contribution is -2.46. The van der Waals surface area contributed by atoms with Crippen LogP contribution in [0.25, 0.3) is 11.3 Å². The van der Waals surface area contributed by atoms with E-state index in [0.29, 0.717) is 5.56 Å². The van der Waals surface area contributed by atoms with E-state index in [9.17, 15) is 9.59 Å². The molecule has 0 spiro atoms. The smallest absolute Gasteiger partial charge is 0.259 e. The Morgan fingerprint density at radius 2 is 1.77 bits per heavy atom. The molecule has 1 atom stereocenters. The Balaban J connectivity index is 2.07. The highest BCUT2D eigenvalue weighted by Gasteiger charge is 2.20. The van der Waals surface area contributed by atoms with Gasteiger partial charge in [0.1, 0.15) is 0 Å². The molecule has 0 saturated heterocycles. The second kappa shape index (κ2) is 6.95.